The van der Waals surface area contributed by atoms with Gasteiger partial charge < -0.3 is 5.11 Å². The van der Waals surface area contributed by atoms with Gasteiger partial charge in [-0.3, -0.25) is 15.5 Å². The summed E-state index contributed by atoms with van der Waals surface area (Å²) < 4.78 is 0. The van der Waals surface area contributed by atoms with Crippen molar-refractivity contribution in [2.24, 2.45) is 0 Å². The lowest BCUT2D eigenvalue weighted by Crippen LogP contribution is -1.98. The summed E-state index contributed by atoms with van der Waals surface area (Å²) in [6.45, 7) is 0. The topological polar surface area (TPSA) is 72.4 Å². The molecule has 0 unspecified atom stereocenters. The van der Waals surface area contributed by atoms with Crippen LogP contribution < -0.4 is 10.6 Å². The largest absolute Gasteiger partial charge is 0.871 e. The third kappa shape index (κ3) is 1.47. The number of hydrogen-bond acceptors (Lipinski definition) is 4. The van der Waals surface area contributed by atoms with Crippen molar-refractivity contribution in [3.05, 3.63) is 23.8 Å². The Morgan fingerprint density at radius 2 is 2.27 bits per heavy atom. The number of aldehydes is 1. The van der Waals surface area contributed by atoms with E-state index in [0.717, 1.165) is 0 Å². The number of anilines is 1. The van der Waals surface area contributed by atoms with Gasteiger partial charge in [0.05, 0.1) is 5.69 Å². The van der Waals surface area contributed by atoms with Crippen LogP contribution in [0.15, 0.2) is 18.2 Å². The van der Waals surface area contributed by atoms with Crippen LogP contribution in [0.2, 0.25) is 0 Å². The quantitative estimate of drug-likeness (QED) is 0.474. The van der Waals surface area contributed by atoms with Crippen LogP contribution in [-0.4, -0.2) is 11.5 Å². The lowest BCUT2D eigenvalue weighted by Gasteiger charge is -2.11. The van der Waals surface area contributed by atoms with Crippen LogP contribution in [0, 0.1) is 0 Å². The van der Waals surface area contributed by atoms with E-state index in [1.807, 2.05) is 0 Å². The number of rotatable bonds is 2. The molecule has 0 saturated carbocycles. The molecule has 0 bridgehead atoms. The van der Waals surface area contributed by atoms with Crippen molar-refractivity contribution in [3.8, 4) is 5.75 Å². The van der Waals surface area contributed by atoms with Gasteiger partial charge >= 0.3 is 0 Å². The molecule has 0 atom stereocenters. The number of carbonyl (C=O) groups excluding carboxylic acids is 1. The Morgan fingerprint density at radius 1 is 1.55 bits per heavy atom. The molecule has 0 saturated heterocycles. The van der Waals surface area contributed by atoms with Crippen molar-refractivity contribution in [3.63, 3.8) is 0 Å². The molecule has 0 spiro atoms. The summed E-state index contributed by atoms with van der Waals surface area (Å²) in [4.78, 5) is 10.2. The fourth-order valence-corrected chi connectivity index (χ4v) is 0.708. The summed E-state index contributed by atoms with van der Waals surface area (Å²) >= 11 is 0. The average molecular weight is 152 g/mol. The lowest BCUT2D eigenvalue weighted by atomic mass is 10.2. The number of benzene rings is 1. The van der Waals surface area contributed by atoms with E-state index in [1.54, 1.807) is 5.48 Å². The summed E-state index contributed by atoms with van der Waals surface area (Å²) in [5.74, 6) is -0.349. The number of hydrogen-bond donors (Lipinski definition) is 2. The summed E-state index contributed by atoms with van der Waals surface area (Å²) in [7, 11) is 0. The molecular weight excluding hydrogens is 146 g/mol. The second-order valence-corrected chi connectivity index (χ2v) is 1.99. The summed E-state index contributed by atoms with van der Waals surface area (Å²) in [5.41, 5.74) is 2.06. The molecule has 11 heavy (non-hydrogen) atoms. The molecule has 0 fully saturated rings. The Labute approximate surface area is 63.1 Å². The van der Waals surface area contributed by atoms with Crippen molar-refractivity contribution in [2.75, 3.05) is 5.48 Å². The van der Waals surface area contributed by atoms with Gasteiger partial charge in [-0.05, 0) is 6.07 Å². The van der Waals surface area contributed by atoms with Crippen LogP contribution in [0.1, 0.15) is 10.4 Å². The van der Waals surface area contributed by atoms with E-state index >= 15 is 0 Å². The van der Waals surface area contributed by atoms with E-state index in [1.165, 1.54) is 18.2 Å². The molecule has 1 rings (SSSR count). The standard InChI is InChI=1S/C7H7NO3/c9-4-5-1-2-7(10)6(3-5)8-11/h1-4,8,10-11H/p-1. The van der Waals surface area contributed by atoms with Gasteiger partial charge in [-0.25, -0.2) is 0 Å². The minimum absolute atomic E-state index is 0.00889. The highest BCUT2D eigenvalue weighted by molar-refractivity contribution is 5.78. The van der Waals surface area contributed by atoms with Gasteiger partial charge in [0, 0.05) is 5.56 Å². The van der Waals surface area contributed by atoms with E-state index in [9.17, 15) is 9.90 Å². The molecule has 58 valence electrons. The predicted octanol–water partition coefficient (Wildman–Crippen LogP) is 0.374. The molecule has 0 heterocycles. The van der Waals surface area contributed by atoms with Crippen LogP contribution in [-0.2, 0) is 0 Å². The SMILES string of the molecule is O=Cc1ccc([O-])c(NO)c1. The molecule has 0 amide bonds. The van der Waals surface area contributed by atoms with Crippen LogP contribution in [0.5, 0.6) is 5.75 Å². The van der Waals surface area contributed by atoms with Gasteiger partial charge in [0.2, 0.25) is 0 Å². The first-order valence-electron chi connectivity index (χ1n) is 2.94. The van der Waals surface area contributed by atoms with Gasteiger partial charge in [0.1, 0.15) is 6.29 Å². The van der Waals surface area contributed by atoms with Crippen molar-refractivity contribution >= 4 is 12.0 Å². The Hall–Kier alpha value is -1.55. The highest BCUT2D eigenvalue weighted by Crippen LogP contribution is 2.19. The molecule has 0 aromatic heterocycles. The van der Waals surface area contributed by atoms with Crippen molar-refractivity contribution in [1.29, 1.82) is 0 Å². The van der Waals surface area contributed by atoms with Crippen LogP contribution in [0.3, 0.4) is 0 Å². The minimum Gasteiger partial charge on any atom is -0.871 e. The van der Waals surface area contributed by atoms with E-state index in [0.29, 0.717) is 11.8 Å². The van der Waals surface area contributed by atoms with E-state index in [4.69, 9.17) is 5.21 Å². The maximum absolute atomic E-state index is 10.8. The first-order chi connectivity index (χ1) is 5.27. The summed E-state index contributed by atoms with van der Waals surface area (Å²) in [5, 5.41) is 19.2. The van der Waals surface area contributed by atoms with Gasteiger partial charge in [0.15, 0.2) is 0 Å². The van der Waals surface area contributed by atoms with Crippen LogP contribution >= 0.6 is 0 Å². The number of carbonyl (C=O) groups is 1. The fraction of sp³-hybridized carbons (Fsp3) is 0. The summed E-state index contributed by atoms with van der Waals surface area (Å²) in [6.07, 6.45) is 0.597. The Kier molecular flexibility index (Phi) is 2.08. The summed E-state index contributed by atoms with van der Waals surface area (Å²) in [6, 6.07) is 3.87. The molecule has 2 N–H and O–H groups in total. The first-order valence-corrected chi connectivity index (χ1v) is 2.94. The Morgan fingerprint density at radius 3 is 2.82 bits per heavy atom. The van der Waals surface area contributed by atoms with E-state index < -0.39 is 0 Å². The molecular formula is C7H6NO3-. The second-order valence-electron chi connectivity index (χ2n) is 1.99. The third-order valence-corrected chi connectivity index (χ3v) is 1.26. The minimum atomic E-state index is -0.349. The molecule has 1 aromatic carbocycles. The molecule has 0 aliphatic rings. The zero-order valence-corrected chi connectivity index (χ0v) is 5.57. The van der Waals surface area contributed by atoms with Gasteiger partial charge in [-0.2, -0.15) is 0 Å². The van der Waals surface area contributed by atoms with Crippen LogP contribution in [0.25, 0.3) is 0 Å². The van der Waals surface area contributed by atoms with Gasteiger partial charge in [-0.15, -0.1) is 0 Å². The Balaban J connectivity index is 3.12. The molecule has 1 aromatic rings. The van der Waals surface area contributed by atoms with Crippen molar-refractivity contribution in [1.82, 2.24) is 0 Å². The van der Waals surface area contributed by atoms with Crippen LogP contribution in [0.4, 0.5) is 5.69 Å². The molecule has 0 aliphatic carbocycles. The predicted molar refractivity (Wildman–Crippen MR) is 36.7 cm³/mol. The van der Waals surface area contributed by atoms with Gasteiger partial charge in [0.25, 0.3) is 0 Å². The fourth-order valence-electron chi connectivity index (χ4n) is 0.708. The monoisotopic (exact) mass is 152 g/mol. The Bertz CT molecular complexity index is 272. The lowest BCUT2D eigenvalue weighted by molar-refractivity contribution is -0.267. The average Bonchev–Trinajstić information content (AvgIpc) is 2.05. The highest BCUT2D eigenvalue weighted by Gasteiger charge is 1.93. The zero-order valence-electron chi connectivity index (χ0n) is 5.57. The first kappa shape index (κ1) is 7.56. The van der Waals surface area contributed by atoms with E-state index in [2.05, 4.69) is 0 Å². The molecule has 0 aliphatic heterocycles. The maximum atomic E-state index is 10.8. The third-order valence-electron chi connectivity index (χ3n) is 1.26. The normalized spacial score (nSPS) is 9.18. The van der Waals surface area contributed by atoms with Gasteiger partial charge in [-0.1, -0.05) is 17.9 Å². The second kappa shape index (κ2) is 3.03. The molecule has 4 heteroatoms. The van der Waals surface area contributed by atoms with E-state index in [-0.39, 0.29) is 11.4 Å². The highest BCUT2D eigenvalue weighted by atomic mass is 16.5. The van der Waals surface area contributed by atoms with Crippen molar-refractivity contribution in [2.45, 2.75) is 0 Å². The van der Waals surface area contributed by atoms with Crippen molar-refractivity contribution < 1.29 is 15.1 Å². The number of nitrogens with one attached hydrogen (secondary N) is 1. The smallest absolute Gasteiger partial charge is 0.150 e. The molecule has 4 nitrogen and oxygen atoms in total. The zero-order chi connectivity index (χ0) is 8.27. The maximum Gasteiger partial charge on any atom is 0.150 e. The molecule has 0 radical (unpaired) electrons.